The van der Waals surface area contributed by atoms with Crippen LogP contribution in [0, 0.1) is 0 Å². The molecular weight excluding hydrogens is 340 g/mol. The fourth-order valence-electron chi connectivity index (χ4n) is 2.34. The molecule has 0 radical (unpaired) electrons. The van der Waals surface area contributed by atoms with Gasteiger partial charge in [0.1, 0.15) is 0 Å². The zero-order valence-electron chi connectivity index (χ0n) is 15.0. The number of methoxy groups -OCH3 is 4. The van der Waals surface area contributed by atoms with Crippen LogP contribution in [0.5, 0.6) is 28.7 Å². The molecule has 134 valence electrons. The second kappa shape index (κ2) is 9.13. The molecular formula is C19H22O5S. The highest BCUT2D eigenvalue weighted by Crippen LogP contribution is 2.38. The third kappa shape index (κ3) is 4.54. The summed E-state index contributed by atoms with van der Waals surface area (Å²) in [6.45, 7) is 0. The normalized spacial score (nSPS) is 10.6. The van der Waals surface area contributed by atoms with Gasteiger partial charge in [-0.05, 0) is 35.4 Å². The van der Waals surface area contributed by atoms with Crippen molar-refractivity contribution in [1.29, 1.82) is 0 Å². The van der Waals surface area contributed by atoms with Gasteiger partial charge in [-0.1, -0.05) is 18.2 Å². The van der Waals surface area contributed by atoms with Crippen molar-refractivity contribution in [2.45, 2.75) is 0 Å². The maximum Gasteiger partial charge on any atom is 0.203 e. The molecule has 5 nitrogen and oxygen atoms in total. The highest BCUT2D eigenvalue weighted by molar-refractivity contribution is 7.94. The van der Waals surface area contributed by atoms with E-state index < -0.39 is 0 Å². The molecule has 0 bridgehead atoms. The lowest BCUT2D eigenvalue weighted by Crippen LogP contribution is -1.95. The lowest BCUT2D eigenvalue weighted by Gasteiger charge is -2.13. The van der Waals surface area contributed by atoms with Crippen molar-refractivity contribution in [3.8, 4) is 28.7 Å². The van der Waals surface area contributed by atoms with Crippen molar-refractivity contribution in [3.05, 3.63) is 41.5 Å². The van der Waals surface area contributed by atoms with E-state index in [1.165, 1.54) is 12.0 Å². The molecule has 0 saturated heterocycles. The molecule has 0 amide bonds. The van der Waals surface area contributed by atoms with Crippen molar-refractivity contribution in [1.82, 2.24) is 0 Å². The van der Waals surface area contributed by atoms with Gasteiger partial charge >= 0.3 is 0 Å². The van der Waals surface area contributed by atoms with Gasteiger partial charge in [0.25, 0.3) is 0 Å². The first-order valence-corrected chi connectivity index (χ1v) is 8.68. The molecule has 2 aromatic carbocycles. The number of benzene rings is 2. The fraction of sp³-hybridized carbons (Fsp3) is 0.263. The topological polar surface area (TPSA) is 46.2 Å². The van der Waals surface area contributed by atoms with Crippen LogP contribution in [0.1, 0.15) is 11.1 Å². The molecule has 0 N–H and O–H groups in total. The minimum atomic E-state index is 0.572. The van der Waals surface area contributed by atoms with E-state index in [0.29, 0.717) is 28.7 Å². The highest BCUT2D eigenvalue weighted by Gasteiger charge is 2.12. The van der Waals surface area contributed by atoms with Gasteiger partial charge in [0.2, 0.25) is 5.75 Å². The predicted octanol–water partition coefficient (Wildman–Crippen LogP) is 4.55. The maximum absolute atomic E-state index is 5.53. The zero-order valence-corrected chi connectivity index (χ0v) is 15.8. The van der Waals surface area contributed by atoms with Crippen molar-refractivity contribution < 1.29 is 23.1 Å². The van der Waals surface area contributed by atoms with Gasteiger partial charge in [0.05, 0.1) is 40.5 Å². The van der Waals surface area contributed by atoms with Crippen molar-refractivity contribution in [2.24, 2.45) is 0 Å². The number of rotatable bonds is 8. The summed E-state index contributed by atoms with van der Waals surface area (Å²) in [6, 6.07) is 9.53. The molecule has 0 atom stereocenters. The van der Waals surface area contributed by atoms with E-state index in [4.69, 9.17) is 23.1 Å². The zero-order chi connectivity index (χ0) is 18.2. The first kappa shape index (κ1) is 18.9. The van der Waals surface area contributed by atoms with Crippen LogP contribution in [0.25, 0.3) is 12.2 Å². The summed E-state index contributed by atoms with van der Waals surface area (Å²) in [5.74, 6) is 3.17. The Labute approximate surface area is 152 Å². The molecule has 6 heteroatoms. The summed E-state index contributed by atoms with van der Waals surface area (Å²) in [7, 11) is 6.40. The standard InChI is InChI=1S/C19H22O5S/c1-20-15-9-8-13(10-16(15)24-25-5)6-7-14-11-17(21-2)19(23-4)18(12-14)22-3/h6-12H,1-5H3/b7-6-. The summed E-state index contributed by atoms with van der Waals surface area (Å²) in [5, 5.41) is 0. The van der Waals surface area contributed by atoms with Gasteiger partial charge in [0.15, 0.2) is 23.0 Å². The Morgan fingerprint density at radius 2 is 1.24 bits per heavy atom. The first-order chi connectivity index (χ1) is 12.2. The second-order valence-corrected chi connectivity index (χ2v) is 5.45. The van der Waals surface area contributed by atoms with Gasteiger partial charge in [-0.25, -0.2) is 0 Å². The lowest BCUT2D eigenvalue weighted by molar-refractivity contribution is 0.324. The Bertz CT molecular complexity index is 718. The molecule has 25 heavy (non-hydrogen) atoms. The van der Waals surface area contributed by atoms with E-state index in [0.717, 1.165) is 11.1 Å². The second-order valence-electron chi connectivity index (χ2n) is 4.95. The summed E-state index contributed by atoms with van der Waals surface area (Å²) in [5.41, 5.74) is 1.91. The van der Waals surface area contributed by atoms with Gasteiger partial charge in [-0.15, -0.1) is 0 Å². The fourth-order valence-corrected chi connectivity index (χ4v) is 2.65. The van der Waals surface area contributed by atoms with Crippen molar-refractivity contribution >= 4 is 24.2 Å². The molecule has 0 saturated carbocycles. The van der Waals surface area contributed by atoms with Crippen LogP contribution in [0.15, 0.2) is 30.3 Å². The van der Waals surface area contributed by atoms with E-state index in [2.05, 4.69) is 0 Å². The Morgan fingerprint density at radius 3 is 1.76 bits per heavy atom. The molecule has 0 aliphatic carbocycles. The molecule has 0 aliphatic heterocycles. The summed E-state index contributed by atoms with van der Waals surface area (Å²) in [6.07, 6.45) is 5.81. The van der Waals surface area contributed by atoms with E-state index in [9.17, 15) is 0 Å². The van der Waals surface area contributed by atoms with Crippen LogP contribution in [0.2, 0.25) is 0 Å². The highest BCUT2D eigenvalue weighted by atomic mass is 32.2. The van der Waals surface area contributed by atoms with Crippen LogP contribution in [-0.2, 0) is 0 Å². The van der Waals surface area contributed by atoms with Gasteiger partial charge in [-0.3, -0.25) is 0 Å². The van der Waals surface area contributed by atoms with E-state index in [1.807, 2.05) is 48.7 Å². The Kier molecular flexibility index (Phi) is 6.89. The molecule has 0 aliphatic rings. The summed E-state index contributed by atoms with van der Waals surface area (Å²) >= 11 is 1.27. The molecule has 0 aromatic heterocycles. The summed E-state index contributed by atoms with van der Waals surface area (Å²) in [4.78, 5) is 0. The SMILES string of the molecule is COc1ccc(/C=C\c2cc(OC)c(OC)c(OC)c2)cc1OSC. The van der Waals surface area contributed by atoms with E-state index >= 15 is 0 Å². The molecule has 0 spiro atoms. The number of ether oxygens (including phenoxy) is 4. The quantitative estimate of drug-likeness (QED) is 0.507. The van der Waals surface area contributed by atoms with Gasteiger partial charge in [-0.2, -0.15) is 0 Å². The Balaban J connectivity index is 2.34. The summed E-state index contributed by atoms with van der Waals surface area (Å²) < 4.78 is 26.9. The van der Waals surface area contributed by atoms with Crippen LogP contribution in [0.4, 0.5) is 0 Å². The van der Waals surface area contributed by atoms with Crippen molar-refractivity contribution in [2.75, 3.05) is 34.7 Å². The minimum Gasteiger partial charge on any atom is -0.493 e. The average Bonchev–Trinajstić information content (AvgIpc) is 2.65. The molecule has 0 fully saturated rings. The third-order valence-corrected chi connectivity index (χ3v) is 3.86. The van der Waals surface area contributed by atoms with Gasteiger partial charge < -0.3 is 23.1 Å². The van der Waals surface area contributed by atoms with Crippen molar-refractivity contribution in [3.63, 3.8) is 0 Å². The number of hydrogen-bond donors (Lipinski definition) is 0. The maximum atomic E-state index is 5.53. The monoisotopic (exact) mass is 362 g/mol. The van der Waals surface area contributed by atoms with E-state index in [1.54, 1.807) is 28.4 Å². The van der Waals surface area contributed by atoms with Crippen LogP contribution < -0.4 is 23.1 Å². The third-order valence-electron chi connectivity index (χ3n) is 3.52. The van der Waals surface area contributed by atoms with Crippen LogP contribution >= 0.6 is 12.0 Å². The molecule has 0 heterocycles. The Hall–Kier alpha value is -2.47. The molecule has 2 aromatic rings. The largest absolute Gasteiger partial charge is 0.493 e. The average molecular weight is 362 g/mol. The lowest BCUT2D eigenvalue weighted by atomic mass is 10.1. The van der Waals surface area contributed by atoms with E-state index in [-0.39, 0.29) is 0 Å². The molecule has 0 unspecified atom stereocenters. The Morgan fingerprint density at radius 1 is 0.680 bits per heavy atom. The van der Waals surface area contributed by atoms with Gasteiger partial charge in [0, 0.05) is 6.26 Å². The van der Waals surface area contributed by atoms with Crippen LogP contribution in [-0.4, -0.2) is 34.7 Å². The smallest absolute Gasteiger partial charge is 0.203 e. The van der Waals surface area contributed by atoms with Crippen LogP contribution in [0.3, 0.4) is 0 Å². The predicted molar refractivity (Wildman–Crippen MR) is 102 cm³/mol. The first-order valence-electron chi connectivity index (χ1n) is 7.53. The molecule has 2 rings (SSSR count). The minimum absolute atomic E-state index is 0.572. The number of hydrogen-bond acceptors (Lipinski definition) is 6.